The lowest BCUT2D eigenvalue weighted by Gasteiger charge is -2.72. The van der Waals surface area contributed by atoms with E-state index in [0.29, 0.717) is 29.6 Å². The molecule has 0 radical (unpaired) electrons. The molecule has 10 atom stereocenters. The number of hydroxylamine groups is 2. The first-order valence-corrected chi connectivity index (χ1v) is 15.7. The Kier molecular flexibility index (Phi) is 6.97. The first-order valence-electron chi connectivity index (χ1n) is 15.7. The maximum absolute atomic E-state index is 14.0. The molecule has 0 saturated heterocycles. The molecule has 5 fully saturated rings. The van der Waals surface area contributed by atoms with Crippen LogP contribution < -0.4 is 0 Å². The van der Waals surface area contributed by atoms with Crippen LogP contribution in [0.5, 0.6) is 0 Å². The summed E-state index contributed by atoms with van der Waals surface area (Å²) in [6, 6.07) is 0. The molecule has 5 heteroatoms. The van der Waals surface area contributed by atoms with E-state index in [2.05, 4.69) is 48.1 Å². The largest absolute Gasteiger partial charge is 0.462 e. The van der Waals surface area contributed by atoms with Crippen LogP contribution in [0.25, 0.3) is 0 Å². The van der Waals surface area contributed by atoms with Gasteiger partial charge in [-0.15, -0.1) is 0 Å². The van der Waals surface area contributed by atoms with Crippen LogP contribution in [0.15, 0.2) is 12.2 Å². The number of carbonyl (C=O) groups is 2. The standard InChI is InChI=1S/C34H55NO4/c1-21(2)23-13-18-34(29(37)35(9)38-10)20-19-32(7)24(28(23)34)11-12-26-31(6)16-15-27(39-22(3)36)30(4,5)25(31)14-17-33(26,32)8/h23-28H,1,11-20H2,2-10H3/t23?,24-,25?,26?,27+,28?,31+,32-,33-,34+/m1/s1. The van der Waals surface area contributed by atoms with E-state index in [1.807, 2.05) is 0 Å². The Hall–Kier alpha value is -1.36. The molecule has 0 spiro atoms. The van der Waals surface area contributed by atoms with Crippen molar-refractivity contribution < 1.29 is 19.2 Å². The lowest BCUT2D eigenvalue weighted by atomic mass is 9.32. The number of amides is 1. The Morgan fingerprint density at radius 1 is 0.821 bits per heavy atom. The number of rotatable bonds is 4. The topological polar surface area (TPSA) is 55.8 Å². The van der Waals surface area contributed by atoms with Gasteiger partial charge >= 0.3 is 5.97 Å². The van der Waals surface area contributed by atoms with Crippen molar-refractivity contribution in [3.63, 3.8) is 0 Å². The summed E-state index contributed by atoms with van der Waals surface area (Å²) in [6.07, 6.45) is 11.1. The zero-order chi connectivity index (χ0) is 28.8. The van der Waals surface area contributed by atoms with Gasteiger partial charge in [0, 0.05) is 19.4 Å². The van der Waals surface area contributed by atoms with E-state index in [-0.39, 0.29) is 45.1 Å². The maximum Gasteiger partial charge on any atom is 0.302 e. The normalized spacial score (nSPS) is 48.1. The molecule has 0 aromatic rings. The summed E-state index contributed by atoms with van der Waals surface area (Å²) in [6.45, 7) is 20.8. The summed E-state index contributed by atoms with van der Waals surface area (Å²) in [5.41, 5.74) is 1.58. The first kappa shape index (κ1) is 29.1. The van der Waals surface area contributed by atoms with Crippen molar-refractivity contribution in [3.05, 3.63) is 12.2 Å². The summed E-state index contributed by atoms with van der Waals surface area (Å²) in [7, 11) is 3.41. The van der Waals surface area contributed by atoms with Crippen molar-refractivity contribution in [2.75, 3.05) is 14.2 Å². The number of hydrogen-bond donors (Lipinski definition) is 0. The first-order chi connectivity index (χ1) is 18.1. The van der Waals surface area contributed by atoms with Crippen LogP contribution in [0.3, 0.4) is 0 Å². The van der Waals surface area contributed by atoms with Crippen molar-refractivity contribution in [2.45, 2.75) is 119 Å². The molecular weight excluding hydrogens is 486 g/mol. The molecular formula is C34H55NO4. The van der Waals surface area contributed by atoms with E-state index >= 15 is 0 Å². The van der Waals surface area contributed by atoms with Gasteiger partial charge in [0.1, 0.15) is 6.10 Å². The van der Waals surface area contributed by atoms with Crippen LogP contribution >= 0.6 is 0 Å². The molecule has 4 unspecified atom stereocenters. The van der Waals surface area contributed by atoms with Crippen LogP contribution in [-0.4, -0.2) is 37.2 Å². The minimum atomic E-state index is -0.326. The van der Waals surface area contributed by atoms with Gasteiger partial charge in [-0.3, -0.25) is 14.4 Å². The monoisotopic (exact) mass is 541 g/mol. The highest BCUT2D eigenvalue weighted by Crippen LogP contribution is 2.77. The van der Waals surface area contributed by atoms with Crippen molar-refractivity contribution in [1.29, 1.82) is 0 Å². The molecule has 5 nitrogen and oxygen atoms in total. The Morgan fingerprint density at radius 2 is 1.51 bits per heavy atom. The van der Waals surface area contributed by atoms with Crippen molar-refractivity contribution in [1.82, 2.24) is 5.06 Å². The number of fused-ring (bicyclic) bond motifs is 7. The number of carbonyl (C=O) groups excluding carboxylic acids is 2. The fourth-order valence-electron chi connectivity index (χ4n) is 12.3. The highest BCUT2D eigenvalue weighted by atomic mass is 16.7. The quantitative estimate of drug-likeness (QED) is 0.209. The number of ether oxygens (including phenoxy) is 1. The molecule has 5 rings (SSSR count). The molecule has 1 amide bonds. The van der Waals surface area contributed by atoms with Gasteiger partial charge in [0.05, 0.1) is 12.5 Å². The van der Waals surface area contributed by atoms with Crippen molar-refractivity contribution in [2.24, 2.45) is 56.7 Å². The molecule has 39 heavy (non-hydrogen) atoms. The van der Waals surface area contributed by atoms with Crippen LogP contribution in [0, 0.1) is 56.7 Å². The van der Waals surface area contributed by atoms with E-state index in [1.165, 1.54) is 36.3 Å². The van der Waals surface area contributed by atoms with Gasteiger partial charge in [-0.2, -0.15) is 0 Å². The van der Waals surface area contributed by atoms with Crippen LogP contribution in [-0.2, 0) is 19.2 Å². The van der Waals surface area contributed by atoms with Gasteiger partial charge in [0.2, 0.25) is 0 Å². The number of nitrogens with zero attached hydrogens (tertiary/aromatic N) is 1. The highest BCUT2D eigenvalue weighted by Gasteiger charge is 2.72. The number of esters is 1. The van der Waals surface area contributed by atoms with Crippen molar-refractivity contribution in [3.8, 4) is 0 Å². The third-order valence-electron chi connectivity index (χ3n) is 14.3. The molecule has 0 heterocycles. The van der Waals surface area contributed by atoms with E-state index in [9.17, 15) is 9.59 Å². The maximum atomic E-state index is 14.0. The lowest BCUT2D eigenvalue weighted by molar-refractivity contribution is -0.252. The van der Waals surface area contributed by atoms with E-state index < -0.39 is 0 Å². The number of hydrogen-bond acceptors (Lipinski definition) is 4. The third-order valence-corrected chi connectivity index (χ3v) is 14.3. The molecule has 5 saturated carbocycles. The smallest absolute Gasteiger partial charge is 0.302 e. The summed E-state index contributed by atoms with van der Waals surface area (Å²) in [4.78, 5) is 31.4. The van der Waals surface area contributed by atoms with Crippen molar-refractivity contribution >= 4 is 11.9 Å². The molecule has 0 bridgehead atoms. The van der Waals surface area contributed by atoms with Gasteiger partial charge in [-0.05, 0) is 117 Å². The predicted molar refractivity (Wildman–Crippen MR) is 154 cm³/mol. The third kappa shape index (κ3) is 3.79. The Morgan fingerprint density at radius 3 is 2.13 bits per heavy atom. The second-order valence-electron chi connectivity index (χ2n) is 15.8. The average molecular weight is 542 g/mol. The lowest BCUT2D eigenvalue weighted by Crippen LogP contribution is -2.67. The molecule has 0 aromatic heterocycles. The van der Waals surface area contributed by atoms with E-state index in [1.54, 1.807) is 21.1 Å². The van der Waals surface area contributed by atoms with E-state index in [4.69, 9.17) is 9.57 Å². The molecule has 5 aliphatic carbocycles. The van der Waals surface area contributed by atoms with Gasteiger partial charge < -0.3 is 4.74 Å². The summed E-state index contributed by atoms with van der Waals surface area (Å²) in [5, 5.41) is 1.51. The Labute approximate surface area is 237 Å². The Bertz CT molecular complexity index is 1040. The summed E-state index contributed by atoms with van der Waals surface area (Å²) in [5.74, 6) is 2.53. The average Bonchev–Trinajstić information content (AvgIpc) is 3.26. The van der Waals surface area contributed by atoms with Gasteiger partial charge in [-0.25, -0.2) is 5.06 Å². The van der Waals surface area contributed by atoms with Gasteiger partial charge in [0.15, 0.2) is 0 Å². The van der Waals surface area contributed by atoms with Crippen LogP contribution in [0.2, 0.25) is 0 Å². The van der Waals surface area contributed by atoms with Gasteiger partial charge in [0.25, 0.3) is 5.91 Å². The summed E-state index contributed by atoms with van der Waals surface area (Å²) >= 11 is 0. The zero-order valence-electron chi connectivity index (χ0n) is 26.3. The predicted octanol–water partition coefficient (Wildman–Crippen LogP) is 7.60. The number of allylic oxidation sites excluding steroid dienone is 1. The highest BCUT2D eigenvalue weighted by molar-refractivity contribution is 5.83. The minimum Gasteiger partial charge on any atom is -0.462 e. The Balaban J connectivity index is 1.52. The molecule has 0 N–H and O–H groups in total. The minimum absolute atomic E-state index is 0.0123. The zero-order valence-corrected chi connectivity index (χ0v) is 26.3. The molecule has 0 aromatic carbocycles. The van der Waals surface area contributed by atoms with Crippen LogP contribution in [0.4, 0.5) is 0 Å². The fourth-order valence-corrected chi connectivity index (χ4v) is 12.3. The van der Waals surface area contributed by atoms with E-state index in [0.717, 1.165) is 38.5 Å². The molecule has 220 valence electrons. The fraction of sp³-hybridized carbons (Fsp3) is 0.882. The van der Waals surface area contributed by atoms with Gasteiger partial charge in [-0.1, -0.05) is 46.8 Å². The summed E-state index contributed by atoms with van der Waals surface area (Å²) < 4.78 is 5.92. The SMILES string of the molecule is C=C(C)C1CC[C@]2(C(=O)N(C)OC)CC[C@]3(C)[C@H](CCC4[C@@]5(C)CC[C@H](OC(C)=O)C(C)(C)C5CC[C@]43C)C12. The second-order valence-corrected chi connectivity index (χ2v) is 15.8. The molecule has 0 aliphatic heterocycles. The second kappa shape index (κ2) is 9.33. The van der Waals surface area contributed by atoms with Crippen LogP contribution in [0.1, 0.15) is 113 Å². The molecule has 5 aliphatic rings.